The first-order chi connectivity index (χ1) is 6.24. The van der Waals surface area contributed by atoms with Gasteiger partial charge in [-0.25, -0.2) is 0 Å². The first kappa shape index (κ1) is 10.5. The summed E-state index contributed by atoms with van der Waals surface area (Å²) in [6.45, 7) is 4.24. The van der Waals surface area contributed by atoms with Crippen molar-refractivity contribution in [3.63, 3.8) is 0 Å². The zero-order valence-corrected chi connectivity index (χ0v) is 9.01. The van der Waals surface area contributed by atoms with Gasteiger partial charge in [-0.05, 0) is 31.0 Å². The van der Waals surface area contributed by atoms with Gasteiger partial charge in [0.1, 0.15) is 0 Å². The summed E-state index contributed by atoms with van der Waals surface area (Å²) in [7, 11) is 0. The highest BCUT2D eigenvalue weighted by molar-refractivity contribution is 6.20. The van der Waals surface area contributed by atoms with E-state index in [1.165, 1.54) is 18.4 Å². The Kier molecular flexibility index (Phi) is 4.23. The third-order valence-corrected chi connectivity index (χ3v) is 2.51. The molecule has 0 spiro atoms. The molecular formula is C11H16ClN. The molecule has 1 nitrogen and oxygen atoms in total. The van der Waals surface area contributed by atoms with E-state index >= 15 is 0 Å². The summed E-state index contributed by atoms with van der Waals surface area (Å²) in [6, 6.07) is 4.06. The van der Waals surface area contributed by atoms with Gasteiger partial charge < -0.3 is 0 Å². The number of aryl methyl sites for hydroxylation is 1. The van der Waals surface area contributed by atoms with E-state index in [9.17, 15) is 0 Å². The number of rotatable bonds is 4. The van der Waals surface area contributed by atoms with E-state index in [4.69, 9.17) is 11.6 Å². The van der Waals surface area contributed by atoms with E-state index in [1.54, 1.807) is 0 Å². The normalized spacial score (nSPS) is 12.8. The summed E-state index contributed by atoms with van der Waals surface area (Å²) in [4.78, 5) is 4.26. The number of aromatic nitrogens is 1. The highest BCUT2D eigenvalue weighted by Gasteiger charge is 2.07. The third-order valence-electron chi connectivity index (χ3n) is 2.07. The minimum atomic E-state index is 0.0832. The molecule has 1 rings (SSSR count). The van der Waals surface area contributed by atoms with Crippen LogP contribution in [0, 0.1) is 6.92 Å². The maximum atomic E-state index is 6.19. The second-order valence-corrected chi connectivity index (χ2v) is 3.89. The highest BCUT2D eigenvalue weighted by atomic mass is 35.5. The van der Waals surface area contributed by atoms with Gasteiger partial charge in [-0.15, -0.1) is 11.6 Å². The first-order valence-electron chi connectivity index (χ1n) is 4.80. The van der Waals surface area contributed by atoms with Crippen LogP contribution in [0.3, 0.4) is 0 Å². The number of halogens is 1. The zero-order chi connectivity index (χ0) is 9.68. The number of nitrogens with zero attached hydrogens (tertiary/aromatic N) is 1. The largest absolute Gasteiger partial charge is 0.260 e. The Hall–Kier alpha value is -0.560. The molecule has 72 valence electrons. The van der Waals surface area contributed by atoms with E-state index in [1.807, 2.05) is 12.3 Å². The van der Waals surface area contributed by atoms with E-state index in [0.717, 1.165) is 12.1 Å². The number of alkyl halides is 1. The Balaban J connectivity index is 2.60. The molecule has 0 aliphatic carbocycles. The van der Waals surface area contributed by atoms with Gasteiger partial charge in [0.05, 0.1) is 11.1 Å². The smallest absolute Gasteiger partial charge is 0.0757 e. The molecule has 1 unspecified atom stereocenters. The van der Waals surface area contributed by atoms with Gasteiger partial charge in [0.2, 0.25) is 0 Å². The maximum absolute atomic E-state index is 6.19. The van der Waals surface area contributed by atoms with Gasteiger partial charge in [0.15, 0.2) is 0 Å². The van der Waals surface area contributed by atoms with Crippen LogP contribution in [0.5, 0.6) is 0 Å². The summed E-state index contributed by atoms with van der Waals surface area (Å²) >= 11 is 6.19. The summed E-state index contributed by atoms with van der Waals surface area (Å²) in [5.74, 6) is 0. The van der Waals surface area contributed by atoms with Crippen molar-refractivity contribution < 1.29 is 0 Å². The van der Waals surface area contributed by atoms with Crippen molar-refractivity contribution in [2.24, 2.45) is 0 Å². The summed E-state index contributed by atoms with van der Waals surface area (Å²) < 4.78 is 0. The van der Waals surface area contributed by atoms with Crippen LogP contribution >= 0.6 is 11.6 Å². The Morgan fingerprint density at radius 1 is 1.54 bits per heavy atom. The molecule has 0 saturated heterocycles. The molecule has 0 saturated carbocycles. The lowest BCUT2D eigenvalue weighted by Crippen LogP contribution is -1.94. The van der Waals surface area contributed by atoms with Crippen LogP contribution in [0.4, 0.5) is 0 Å². The van der Waals surface area contributed by atoms with Gasteiger partial charge in [-0.1, -0.05) is 19.8 Å². The molecule has 0 fully saturated rings. The Morgan fingerprint density at radius 3 is 2.92 bits per heavy atom. The van der Waals surface area contributed by atoms with E-state index in [-0.39, 0.29) is 5.38 Å². The average molecular weight is 198 g/mol. The van der Waals surface area contributed by atoms with Gasteiger partial charge in [0, 0.05) is 6.20 Å². The Bertz CT molecular complexity index is 260. The van der Waals surface area contributed by atoms with Crippen LogP contribution in [0.15, 0.2) is 18.3 Å². The lowest BCUT2D eigenvalue weighted by Gasteiger charge is -2.08. The molecule has 0 aliphatic rings. The molecule has 0 aromatic carbocycles. The van der Waals surface area contributed by atoms with Gasteiger partial charge in [-0.2, -0.15) is 0 Å². The van der Waals surface area contributed by atoms with Crippen LogP contribution < -0.4 is 0 Å². The van der Waals surface area contributed by atoms with Gasteiger partial charge in [0.25, 0.3) is 0 Å². The fraction of sp³-hybridized carbons (Fsp3) is 0.545. The summed E-state index contributed by atoms with van der Waals surface area (Å²) in [5.41, 5.74) is 2.24. The maximum Gasteiger partial charge on any atom is 0.0757 e. The van der Waals surface area contributed by atoms with Crippen LogP contribution in [0.2, 0.25) is 0 Å². The fourth-order valence-corrected chi connectivity index (χ4v) is 1.54. The van der Waals surface area contributed by atoms with Crippen LogP contribution in [0.1, 0.15) is 42.8 Å². The average Bonchev–Trinajstić information content (AvgIpc) is 2.14. The molecule has 0 bridgehead atoms. The lowest BCUT2D eigenvalue weighted by atomic mass is 10.1. The molecule has 13 heavy (non-hydrogen) atoms. The standard InChI is InChI=1S/C11H16ClN/c1-3-4-5-10(12)11-8-9(2)6-7-13-11/h6-8,10H,3-5H2,1-2H3. The number of hydrogen-bond acceptors (Lipinski definition) is 1. The van der Waals surface area contributed by atoms with E-state index in [2.05, 4.69) is 24.9 Å². The third kappa shape index (κ3) is 3.35. The van der Waals surface area contributed by atoms with Crippen LogP contribution in [0.25, 0.3) is 0 Å². The molecule has 0 N–H and O–H groups in total. The van der Waals surface area contributed by atoms with Gasteiger partial charge in [-0.3, -0.25) is 4.98 Å². The van der Waals surface area contributed by atoms with Crippen molar-refractivity contribution in [1.82, 2.24) is 4.98 Å². The van der Waals surface area contributed by atoms with Crippen molar-refractivity contribution in [1.29, 1.82) is 0 Å². The van der Waals surface area contributed by atoms with E-state index < -0.39 is 0 Å². The molecule has 0 radical (unpaired) electrons. The molecular weight excluding hydrogens is 182 g/mol. The Morgan fingerprint density at radius 2 is 2.31 bits per heavy atom. The molecule has 1 heterocycles. The minimum Gasteiger partial charge on any atom is -0.260 e. The molecule has 0 aliphatic heterocycles. The van der Waals surface area contributed by atoms with Crippen LogP contribution in [-0.2, 0) is 0 Å². The second kappa shape index (κ2) is 5.23. The monoisotopic (exact) mass is 197 g/mol. The lowest BCUT2D eigenvalue weighted by molar-refractivity contribution is 0.689. The summed E-state index contributed by atoms with van der Waals surface area (Å²) in [6.07, 6.45) is 5.21. The number of unbranched alkanes of at least 4 members (excludes halogenated alkanes) is 1. The predicted molar refractivity (Wildman–Crippen MR) is 57.1 cm³/mol. The van der Waals surface area contributed by atoms with Crippen LogP contribution in [-0.4, -0.2) is 4.98 Å². The van der Waals surface area contributed by atoms with E-state index in [0.29, 0.717) is 0 Å². The van der Waals surface area contributed by atoms with Crippen molar-refractivity contribution in [2.75, 3.05) is 0 Å². The fourth-order valence-electron chi connectivity index (χ4n) is 1.26. The molecule has 2 heteroatoms. The number of hydrogen-bond donors (Lipinski definition) is 0. The molecule has 1 aromatic rings. The quantitative estimate of drug-likeness (QED) is 0.668. The number of pyridine rings is 1. The zero-order valence-electron chi connectivity index (χ0n) is 8.26. The second-order valence-electron chi connectivity index (χ2n) is 3.37. The molecule has 0 amide bonds. The predicted octanol–water partition coefficient (Wildman–Crippen LogP) is 3.86. The minimum absolute atomic E-state index is 0.0832. The first-order valence-corrected chi connectivity index (χ1v) is 5.24. The topological polar surface area (TPSA) is 12.9 Å². The van der Waals surface area contributed by atoms with Crippen molar-refractivity contribution in [3.05, 3.63) is 29.6 Å². The summed E-state index contributed by atoms with van der Waals surface area (Å²) in [5, 5.41) is 0.0832. The highest BCUT2D eigenvalue weighted by Crippen LogP contribution is 2.24. The molecule has 1 aromatic heterocycles. The van der Waals surface area contributed by atoms with Gasteiger partial charge >= 0.3 is 0 Å². The SMILES string of the molecule is CCCCC(Cl)c1cc(C)ccn1. The van der Waals surface area contributed by atoms with Crippen molar-refractivity contribution in [3.8, 4) is 0 Å². The van der Waals surface area contributed by atoms with Crippen molar-refractivity contribution in [2.45, 2.75) is 38.5 Å². The van der Waals surface area contributed by atoms with Crippen molar-refractivity contribution >= 4 is 11.6 Å². The molecule has 1 atom stereocenters. The Labute approximate surface area is 85.1 Å².